The first-order valence-corrected chi connectivity index (χ1v) is 14.7. The minimum absolute atomic E-state index is 0.00750. The van der Waals surface area contributed by atoms with Crippen molar-refractivity contribution in [2.75, 3.05) is 32.8 Å². The Morgan fingerprint density at radius 1 is 0.659 bits per heavy atom. The average Bonchev–Trinajstić information content (AvgIpc) is 2.94. The SMILES string of the molecule is CC1(C)CC(N=C=O)CC(C)(CN=C=O)C1.O=C(O)CCCCC(=O)O.O=C=NCCCCCCN=C=O.OCCCCO. The zero-order chi connectivity index (χ0) is 34.1. The van der Waals surface area contributed by atoms with Crippen LogP contribution >= 0.6 is 0 Å². The highest BCUT2D eigenvalue weighted by atomic mass is 16.4. The zero-order valence-electron chi connectivity index (χ0n) is 26.3. The maximum Gasteiger partial charge on any atom is 0.303 e. The van der Waals surface area contributed by atoms with Crippen LogP contribution in [0.3, 0.4) is 0 Å². The van der Waals surface area contributed by atoms with Crippen molar-refractivity contribution < 1.29 is 49.2 Å². The van der Waals surface area contributed by atoms with E-state index in [1.54, 1.807) is 12.2 Å². The molecule has 1 aliphatic carbocycles. The van der Waals surface area contributed by atoms with E-state index in [0.717, 1.165) is 57.8 Å². The fourth-order valence-corrected chi connectivity index (χ4v) is 4.69. The summed E-state index contributed by atoms with van der Waals surface area (Å²) in [6.45, 7) is 8.36. The summed E-state index contributed by atoms with van der Waals surface area (Å²) in [5.74, 6) is -1.74. The van der Waals surface area contributed by atoms with Gasteiger partial charge in [0, 0.05) is 26.1 Å². The Morgan fingerprint density at radius 3 is 1.48 bits per heavy atom. The summed E-state index contributed by atoms with van der Waals surface area (Å²) >= 11 is 0. The number of aliphatic imine (C=N–C) groups is 4. The number of unbranched alkanes of at least 4 members (excludes halogenated alkanes) is 5. The third-order valence-electron chi connectivity index (χ3n) is 6.20. The molecule has 2 unspecified atom stereocenters. The minimum atomic E-state index is -0.870. The van der Waals surface area contributed by atoms with Crippen molar-refractivity contribution in [3.63, 3.8) is 0 Å². The molecule has 250 valence electrons. The van der Waals surface area contributed by atoms with Crippen LogP contribution in [0.4, 0.5) is 0 Å². The van der Waals surface area contributed by atoms with Crippen LogP contribution in [0, 0.1) is 10.8 Å². The van der Waals surface area contributed by atoms with Crippen LogP contribution < -0.4 is 0 Å². The lowest BCUT2D eigenvalue weighted by molar-refractivity contribution is -0.139. The van der Waals surface area contributed by atoms with Crippen molar-refractivity contribution in [1.29, 1.82) is 0 Å². The van der Waals surface area contributed by atoms with E-state index in [9.17, 15) is 28.8 Å². The molecule has 14 nitrogen and oxygen atoms in total. The van der Waals surface area contributed by atoms with Crippen molar-refractivity contribution >= 4 is 36.3 Å². The topological polar surface area (TPSA) is 233 Å². The highest BCUT2D eigenvalue weighted by Gasteiger charge is 2.41. The molecule has 1 fully saturated rings. The number of aliphatic hydroxyl groups excluding tert-OH is 2. The highest BCUT2D eigenvalue weighted by Crippen LogP contribution is 2.47. The Hall–Kier alpha value is -3.62. The van der Waals surface area contributed by atoms with E-state index >= 15 is 0 Å². The van der Waals surface area contributed by atoms with Gasteiger partial charge in [0.05, 0.1) is 25.7 Å². The molecule has 1 rings (SSSR count). The fraction of sp³-hybridized carbons (Fsp3) is 0.800. The lowest BCUT2D eigenvalue weighted by Gasteiger charge is -2.44. The Morgan fingerprint density at radius 2 is 1.11 bits per heavy atom. The molecule has 0 aromatic carbocycles. The molecule has 0 aromatic heterocycles. The van der Waals surface area contributed by atoms with Gasteiger partial charge >= 0.3 is 11.9 Å². The van der Waals surface area contributed by atoms with Crippen LogP contribution in [-0.2, 0) is 28.8 Å². The number of aliphatic hydroxyl groups is 2. The third kappa shape index (κ3) is 34.6. The molecular weight excluding hydrogens is 576 g/mol. The second-order valence-electron chi connectivity index (χ2n) is 11.4. The number of carboxylic acids is 2. The standard InChI is InChI=1S/C12H18N2O2.C8H12N2O2.C6H10O4.C4H10O2/c1-11(2)4-10(14-9-16)5-12(3,6-11)7-13-8-15;11-7-9-5-3-1-2-4-6-10-8-12;7-5(8)3-1-2-4-6(9)10;5-3-1-2-4-6/h10H,4-7H2,1-3H3;1-6H2;1-4H2,(H,7,8)(H,9,10);5-6H,1-4H2. The molecule has 14 heteroatoms. The Bertz CT molecular complexity index is 923. The van der Waals surface area contributed by atoms with Crippen LogP contribution in [0.2, 0.25) is 0 Å². The van der Waals surface area contributed by atoms with Gasteiger partial charge in [-0.05, 0) is 68.6 Å². The number of isocyanates is 4. The molecule has 1 aliphatic rings. The predicted octanol–water partition coefficient (Wildman–Crippen LogP) is 3.93. The van der Waals surface area contributed by atoms with Gasteiger partial charge in [-0.2, -0.15) is 0 Å². The van der Waals surface area contributed by atoms with E-state index in [1.807, 2.05) is 0 Å². The number of aliphatic carboxylic acids is 2. The molecule has 0 heterocycles. The van der Waals surface area contributed by atoms with Gasteiger partial charge in [-0.1, -0.05) is 33.6 Å². The highest BCUT2D eigenvalue weighted by molar-refractivity contribution is 5.67. The number of hydrogen-bond acceptors (Lipinski definition) is 12. The first-order chi connectivity index (χ1) is 20.9. The summed E-state index contributed by atoms with van der Waals surface area (Å²) < 4.78 is 0. The van der Waals surface area contributed by atoms with E-state index in [2.05, 4.69) is 40.7 Å². The number of carboxylic acid groups (broad SMARTS) is 2. The van der Waals surface area contributed by atoms with Gasteiger partial charge in [-0.3, -0.25) is 9.59 Å². The maximum atomic E-state index is 10.3. The molecule has 0 spiro atoms. The van der Waals surface area contributed by atoms with Crippen LogP contribution in [0.1, 0.15) is 104 Å². The molecule has 0 amide bonds. The maximum absolute atomic E-state index is 10.3. The monoisotopic (exact) mass is 626 g/mol. The number of hydrogen-bond donors (Lipinski definition) is 4. The molecule has 2 atom stereocenters. The van der Waals surface area contributed by atoms with Gasteiger partial charge < -0.3 is 20.4 Å². The van der Waals surface area contributed by atoms with Crippen LogP contribution in [-0.4, -0.2) is 95.6 Å². The molecule has 0 saturated heterocycles. The number of carbonyl (C=O) groups excluding carboxylic acids is 4. The summed E-state index contributed by atoms with van der Waals surface area (Å²) in [5.41, 5.74) is 0.0561. The van der Waals surface area contributed by atoms with Gasteiger partial charge in [0.1, 0.15) is 0 Å². The van der Waals surface area contributed by atoms with Crippen molar-refractivity contribution in [3.8, 4) is 0 Å². The van der Waals surface area contributed by atoms with E-state index in [0.29, 0.717) is 32.5 Å². The molecule has 4 N–H and O–H groups in total. The number of carbonyl (C=O) groups is 2. The second kappa shape index (κ2) is 30.8. The molecule has 0 aromatic rings. The van der Waals surface area contributed by atoms with E-state index in [1.165, 1.54) is 12.2 Å². The average molecular weight is 627 g/mol. The third-order valence-corrected chi connectivity index (χ3v) is 6.20. The van der Waals surface area contributed by atoms with Crippen molar-refractivity contribution in [3.05, 3.63) is 0 Å². The zero-order valence-corrected chi connectivity index (χ0v) is 26.3. The Balaban J connectivity index is -0.000000538. The van der Waals surface area contributed by atoms with Crippen LogP contribution in [0.25, 0.3) is 0 Å². The fourth-order valence-electron chi connectivity index (χ4n) is 4.69. The lowest BCUT2D eigenvalue weighted by Crippen LogP contribution is -2.39. The summed E-state index contributed by atoms with van der Waals surface area (Å²) in [4.78, 5) is 73.9. The first-order valence-electron chi connectivity index (χ1n) is 14.7. The summed E-state index contributed by atoms with van der Waals surface area (Å²) in [7, 11) is 0. The summed E-state index contributed by atoms with van der Waals surface area (Å²) in [6.07, 6.45) is 15.1. The largest absolute Gasteiger partial charge is 0.481 e. The molecule has 44 heavy (non-hydrogen) atoms. The molecule has 0 bridgehead atoms. The van der Waals surface area contributed by atoms with E-state index < -0.39 is 11.9 Å². The quantitative estimate of drug-likeness (QED) is 0.0972. The molecular formula is C30H50N4O10. The summed E-state index contributed by atoms with van der Waals surface area (Å²) in [5, 5.41) is 32.4. The normalized spacial score (nSPS) is 17.3. The predicted molar refractivity (Wildman–Crippen MR) is 162 cm³/mol. The van der Waals surface area contributed by atoms with Gasteiger partial charge in [-0.25, -0.2) is 39.1 Å². The lowest BCUT2D eigenvalue weighted by atomic mass is 9.63. The van der Waals surface area contributed by atoms with Gasteiger partial charge in [0.25, 0.3) is 0 Å². The minimum Gasteiger partial charge on any atom is -0.481 e. The van der Waals surface area contributed by atoms with E-state index in [-0.39, 0.29) is 42.9 Å². The number of rotatable bonds is 18. The molecule has 0 aliphatic heterocycles. The smallest absolute Gasteiger partial charge is 0.303 e. The first kappa shape index (κ1) is 44.8. The molecule has 0 radical (unpaired) electrons. The number of nitrogens with zero attached hydrogens (tertiary/aromatic N) is 4. The summed E-state index contributed by atoms with van der Waals surface area (Å²) in [6, 6.07) is 0.00750. The second-order valence-corrected chi connectivity index (χ2v) is 11.4. The van der Waals surface area contributed by atoms with Crippen molar-refractivity contribution in [2.24, 2.45) is 30.8 Å². The van der Waals surface area contributed by atoms with Crippen LogP contribution in [0.5, 0.6) is 0 Å². The van der Waals surface area contributed by atoms with Crippen LogP contribution in [0.15, 0.2) is 20.0 Å². The van der Waals surface area contributed by atoms with Gasteiger partial charge in [0.2, 0.25) is 24.3 Å². The van der Waals surface area contributed by atoms with Gasteiger partial charge in [-0.15, -0.1) is 0 Å². The Labute approximate surface area is 259 Å². The van der Waals surface area contributed by atoms with E-state index in [4.69, 9.17) is 20.4 Å². The Kier molecular flexibility index (Phi) is 31.4. The van der Waals surface area contributed by atoms with Gasteiger partial charge in [0.15, 0.2) is 0 Å². The molecule has 1 saturated carbocycles. The van der Waals surface area contributed by atoms with Crippen molar-refractivity contribution in [1.82, 2.24) is 0 Å². The van der Waals surface area contributed by atoms with Crippen molar-refractivity contribution in [2.45, 2.75) is 110 Å².